The number of carboxylic acid groups (broad SMARTS) is 1. The Morgan fingerprint density at radius 2 is 2.25 bits per heavy atom. The van der Waals surface area contributed by atoms with Gasteiger partial charge in [0, 0.05) is 5.69 Å². The smallest absolute Gasteiger partial charge is 0.337 e. The van der Waals surface area contributed by atoms with E-state index < -0.39 is 11.5 Å². The Kier molecular flexibility index (Phi) is 3.90. The highest BCUT2D eigenvalue weighted by Crippen LogP contribution is 2.25. The monoisotopic (exact) mass is 295 g/mol. The molecule has 1 aromatic heterocycles. The number of ether oxygens (including phenoxy) is 1. The molecule has 0 bridgehead atoms. The van der Waals surface area contributed by atoms with Crippen LogP contribution in [0.5, 0.6) is 5.75 Å². The van der Waals surface area contributed by atoms with Crippen molar-refractivity contribution in [1.82, 2.24) is 9.97 Å². The molecule has 20 heavy (non-hydrogen) atoms. The molecule has 104 valence electrons. The van der Waals surface area contributed by atoms with Gasteiger partial charge in [0.2, 0.25) is 5.75 Å². The molecule has 0 atom stereocenters. The minimum Gasteiger partial charge on any atom is -0.489 e. The van der Waals surface area contributed by atoms with Gasteiger partial charge in [0.15, 0.2) is 5.82 Å². The van der Waals surface area contributed by atoms with E-state index in [4.69, 9.17) is 21.4 Å². The van der Waals surface area contributed by atoms with Gasteiger partial charge in [-0.05, 0) is 18.2 Å². The third-order valence-electron chi connectivity index (χ3n) is 2.47. The van der Waals surface area contributed by atoms with E-state index in [0.717, 1.165) is 0 Å². The summed E-state index contributed by atoms with van der Waals surface area (Å²) in [7, 11) is 1.34. The van der Waals surface area contributed by atoms with Gasteiger partial charge in [-0.2, -0.15) is 0 Å². The number of hydrogen-bond donors (Lipinski definition) is 3. The van der Waals surface area contributed by atoms with Gasteiger partial charge in [0.05, 0.1) is 24.0 Å². The Morgan fingerprint density at radius 3 is 2.90 bits per heavy atom. The van der Waals surface area contributed by atoms with Crippen LogP contribution in [0.3, 0.4) is 0 Å². The number of aromatic nitrogens is 2. The van der Waals surface area contributed by atoms with Crippen molar-refractivity contribution in [3.63, 3.8) is 0 Å². The number of H-pyrrole nitrogens is 1. The number of rotatable bonds is 4. The lowest BCUT2D eigenvalue weighted by molar-refractivity contribution is 0.0697. The summed E-state index contributed by atoms with van der Waals surface area (Å²) in [5.74, 6) is -0.973. The molecule has 7 nitrogen and oxygen atoms in total. The fourth-order valence-electron chi connectivity index (χ4n) is 1.57. The summed E-state index contributed by atoms with van der Waals surface area (Å²) in [5, 5.41) is 11.9. The van der Waals surface area contributed by atoms with E-state index in [1.165, 1.54) is 25.6 Å². The Labute approximate surface area is 118 Å². The highest BCUT2D eigenvalue weighted by molar-refractivity contribution is 6.33. The molecule has 0 aliphatic carbocycles. The molecule has 0 unspecified atom stereocenters. The predicted octanol–water partition coefficient (Wildman–Crippen LogP) is 1.87. The molecule has 8 heteroatoms. The van der Waals surface area contributed by atoms with E-state index in [-0.39, 0.29) is 22.2 Å². The van der Waals surface area contributed by atoms with Crippen LogP contribution in [-0.4, -0.2) is 28.2 Å². The van der Waals surface area contributed by atoms with Gasteiger partial charge < -0.3 is 20.1 Å². The van der Waals surface area contributed by atoms with Gasteiger partial charge in [0.25, 0.3) is 5.56 Å². The molecule has 0 saturated carbocycles. The fraction of sp³-hybridized carbons (Fsp3) is 0.0833. The van der Waals surface area contributed by atoms with Crippen molar-refractivity contribution in [2.45, 2.75) is 0 Å². The molecule has 0 aliphatic heterocycles. The third kappa shape index (κ3) is 2.72. The molecular weight excluding hydrogens is 286 g/mol. The number of nitrogens with zero attached hydrogens (tertiary/aromatic N) is 1. The lowest BCUT2D eigenvalue weighted by Crippen LogP contribution is -2.12. The van der Waals surface area contributed by atoms with Crippen LogP contribution in [0.2, 0.25) is 5.02 Å². The number of methoxy groups -OCH3 is 1. The first-order chi connectivity index (χ1) is 9.52. The van der Waals surface area contributed by atoms with Crippen LogP contribution >= 0.6 is 11.6 Å². The van der Waals surface area contributed by atoms with Crippen LogP contribution in [-0.2, 0) is 0 Å². The number of carbonyl (C=O) groups is 1. The van der Waals surface area contributed by atoms with Crippen molar-refractivity contribution in [2.75, 3.05) is 12.4 Å². The van der Waals surface area contributed by atoms with E-state index in [9.17, 15) is 9.59 Å². The second-order valence-corrected chi connectivity index (χ2v) is 4.15. The summed E-state index contributed by atoms with van der Waals surface area (Å²) in [6, 6.07) is 4.34. The number of aromatic carboxylic acids is 1. The van der Waals surface area contributed by atoms with Crippen molar-refractivity contribution in [3.05, 3.63) is 45.5 Å². The molecule has 0 spiro atoms. The van der Waals surface area contributed by atoms with E-state index in [0.29, 0.717) is 5.69 Å². The molecule has 3 N–H and O–H groups in total. The van der Waals surface area contributed by atoms with E-state index in [1.807, 2.05) is 0 Å². The number of halogens is 1. The summed E-state index contributed by atoms with van der Waals surface area (Å²) in [4.78, 5) is 28.8. The Morgan fingerprint density at radius 1 is 1.50 bits per heavy atom. The predicted molar refractivity (Wildman–Crippen MR) is 73.1 cm³/mol. The molecule has 2 rings (SSSR count). The maximum atomic E-state index is 11.5. The SMILES string of the molecule is COc1c(Nc2ccc(Cl)c(C(=O)O)c2)nc[nH]c1=O. The van der Waals surface area contributed by atoms with Gasteiger partial charge in [-0.1, -0.05) is 11.6 Å². The van der Waals surface area contributed by atoms with Gasteiger partial charge in [-0.25, -0.2) is 9.78 Å². The molecular formula is C12H10ClN3O4. The van der Waals surface area contributed by atoms with Crippen LogP contribution in [0.15, 0.2) is 29.3 Å². The lowest BCUT2D eigenvalue weighted by Gasteiger charge is -2.09. The standard InChI is InChI=1S/C12H10ClN3O4/c1-20-9-10(14-5-15-11(9)17)16-6-2-3-8(13)7(4-6)12(18)19/h2-5H,1H3,(H,18,19)(H2,14,15,16,17). The van der Waals surface area contributed by atoms with E-state index in [2.05, 4.69) is 15.3 Å². The number of nitrogens with one attached hydrogen (secondary N) is 2. The summed E-state index contributed by atoms with van der Waals surface area (Å²) in [5.41, 5.74) is -0.0823. The summed E-state index contributed by atoms with van der Waals surface area (Å²) >= 11 is 5.77. The second kappa shape index (κ2) is 5.62. The highest BCUT2D eigenvalue weighted by atomic mass is 35.5. The van der Waals surface area contributed by atoms with Crippen molar-refractivity contribution in [2.24, 2.45) is 0 Å². The maximum absolute atomic E-state index is 11.5. The largest absolute Gasteiger partial charge is 0.489 e. The zero-order valence-corrected chi connectivity index (χ0v) is 11.1. The number of aromatic amines is 1. The zero-order chi connectivity index (χ0) is 14.7. The molecule has 2 aromatic rings. The maximum Gasteiger partial charge on any atom is 0.337 e. The van der Waals surface area contributed by atoms with Crippen LogP contribution < -0.4 is 15.6 Å². The topological polar surface area (TPSA) is 104 Å². The summed E-state index contributed by atoms with van der Waals surface area (Å²) in [6.07, 6.45) is 1.21. The van der Waals surface area contributed by atoms with Crippen LogP contribution in [0.25, 0.3) is 0 Å². The number of benzene rings is 1. The average molecular weight is 296 g/mol. The second-order valence-electron chi connectivity index (χ2n) is 3.74. The molecule has 0 amide bonds. The quantitative estimate of drug-likeness (QED) is 0.795. The first-order valence-electron chi connectivity index (χ1n) is 5.44. The van der Waals surface area contributed by atoms with E-state index in [1.54, 1.807) is 6.07 Å². The molecule has 1 heterocycles. The van der Waals surface area contributed by atoms with E-state index >= 15 is 0 Å². The van der Waals surface area contributed by atoms with Gasteiger partial charge >= 0.3 is 5.97 Å². The van der Waals surface area contributed by atoms with Crippen LogP contribution in [0.1, 0.15) is 10.4 Å². The Bertz CT molecular complexity index is 714. The molecule has 0 fully saturated rings. The van der Waals surface area contributed by atoms with Crippen LogP contribution in [0, 0.1) is 0 Å². The van der Waals surface area contributed by atoms with Crippen molar-refractivity contribution in [1.29, 1.82) is 0 Å². The highest BCUT2D eigenvalue weighted by Gasteiger charge is 2.12. The third-order valence-corrected chi connectivity index (χ3v) is 2.80. The van der Waals surface area contributed by atoms with Crippen molar-refractivity contribution >= 4 is 29.1 Å². The first-order valence-corrected chi connectivity index (χ1v) is 5.82. The van der Waals surface area contributed by atoms with Crippen molar-refractivity contribution < 1.29 is 14.6 Å². The molecule has 0 radical (unpaired) electrons. The van der Waals surface area contributed by atoms with Crippen molar-refractivity contribution in [3.8, 4) is 5.75 Å². The Balaban J connectivity index is 2.41. The molecule has 0 saturated heterocycles. The number of anilines is 2. The van der Waals surface area contributed by atoms with Crippen LogP contribution in [0.4, 0.5) is 11.5 Å². The lowest BCUT2D eigenvalue weighted by atomic mass is 10.2. The Hall–Kier alpha value is -2.54. The minimum absolute atomic E-state index is 0.000625. The van der Waals surface area contributed by atoms with Gasteiger partial charge in [0.1, 0.15) is 0 Å². The van der Waals surface area contributed by atoms with Gasteiger partial charge in [-0.15, -0.1) is 0 Å². The number of hydrogen-bond acceptors (Lipinski definition) is 5. The molecule has 1 aromatic carbocycles. The number of carboxylic acids is 1. The fourth-order valence-corrected chi connectivity index (χ4v) is 1.77. The van der Waals surface area contributed by atoms with Gasteiger partial charge in [-0.3, -0.25) is 4.79 Å². The first kappa shape index (κ1) is 13.9. The molecule has 0 aliphatic rings. The summed E-state index contributed by atoms with van der Waals surface area (Å²) < 4.78 is 4.94. The normalized spacial score (nSPS) is 10.1. The average Bonchev–Trinajstić information content (AvgIpc) is 2.41. The minimum atomic E-state index is -1.15. The summed E-state index contributed by atoms with van der Waals surface area (Å²) in [6.45, 7) is 0. The zero-order valence-electron chi connectivity index (χ0n) is 10.3.